The van der Waals surface area contributed by atoms with Crippen molar-refractivity contribution >= 4 is 12.1 Å². The van der Waals surface area contributed by atoms with Crippen molar-refractivity contribution in [3.63, 3.8) is 0 Å². The van der Waals surface area contributed by atoms with Crippen LogP contribution in [0.3, 0.4) is 0 Å². The first-order valence-corrected chi connectivity index (χ1v) is 6.55. The summed E-state index contributed by atoms with van der Waals surface area (Å²) < 4.78 is 14.7. The largest absolute Gasteiger partial charge is 0.543 e. The topological polar surface area (TPSA) is 89.5 Å². The maximum absolute atomic E-state index is 11.8. The lowest BCUT2D eigenvalue weighted by atomic mass is 10.2. The molecule has 1 aromatic carbocycles. The van der Waals surface area contributed by atoms with Gasteiger partial charge in [-0.1, -0.05) is 12.1 Å². The van der Waals surface area contributed by atoms with E-state index < -0.39 is 18.2 Å². The van der Waals surface area contributed by atoms with Crippen LogP contribution in [0.1, 0.15) is 24.2 Å². The molecule has 0 radical (unpaired) electrons. The molecular formula is C14H18O8. The highest BCUT2D eigenvalue weighted by Crippen LogP contribution is 2.19. The molecule has 1 unspecified atom stereocenters. The number of methoxy groups -OCH3 is 1. The monoisotopic (exact) mass is 314 g/mol. The highest BCUT2D eigenvalue weighted by molar-refractivity contribution is 5.92. The summed E-state index contributed by atoms with van der Waals surface area (Å²) in [5.74, 6) is -0.545. The summed E-state index contributed by atoms with van der Waals surface area (Å²) in [4.78, 5) is 31.4. The van der Waals surface area contributed by atoms with Gasteiger partial charge in [0.15, 0.2) is 0 Å². The number of carbonyl (C=O) groups is 2. The van der Waals surface area contributed by atoms with Crippen molar-refractivity contribution in [3.05, 3.63) is 29.8 Å². The van der Waals surface area contributed by atoms with E-state index in [1.165, 1.54) is 13.2 Å². The van der Waals surface area contributed by atoms with Gasteiger partial charge in [-0.15, -0.1) is 0 Å². The molecule has 0 bridgehead atoms. The Balaban J connectivity index is 2.42. The van der Waals surface area contributed by atoms with Gasteiger partial charge in [0, 0.05) is 7.11 Å². The molecule has 1 atom stereocenters. The summed E-state index contributed by atoms with van der Waals surface area (Å²) in [5, 5.41) is 4.10. The quantitative estimate of drug-likeness (QED) is 0.410. The summed E-state index contributed by atoms with van der Waals surface area (Å²) in [7, 11) is 1.46. The number of rotatable bonds is 8. The number of hydrogen-bond donors (Lipinski definition) is 0. The lowest BCUT2D eigenvalue weighted by molar-refractivity contribution is -0.453. The highest BCUT2D eigenvalue weighted by atomic mass is 17.5. The molecule has 0 aromatic heterocycles. The first-order chi connectivity index (χ1) is 10.6. The molecule has 22 heavy (non-hydrogen) atoms. The Hall–Kier alpha value is -2.32. The average Bonchev–Trinajstić information content (AvgIpc) is 2.48. The molecule has 0 aliphatic carbocycles. The van der Waals surface area contributed by atoms with Crippen LogP contribution in [-0.4, -0.2) is 38.6 Å². The summed E-state index contributed by atoms with van der Waals surface area (Å²) in [6.07, 6.45) is -1.69. The number of hydrogen-bond acceptors (Lipinski definition) is 8. The fraction of sp³-hybridized carbons (Fsp3) is 0.429. The van der Waals surface area contributed by atoms with Gasteiger partial charge in [0.05, 0.1) is 18.3 Å². The van der Waals surface area contributed by atoms with Crippen LogP contribution in [0, 0.1) is 0 Å². The minimum atomic E-state index is -1.16. The van der Waals surface area contributed by atoms with Gasteiger partial charge in [-0.25, -0.2) is 14.5 Å². The summed E-state index contributed by atoms with van der Waals surface area (Å²) in [5.41, 5.74) is 0.133. The summed E-state index contributed by atoms with van der Waals surface area (Å²) in [6, 6.07) is 6.41. The normalized spacial score (nSPS) is 11.4. The zero-order chi connectivity index (χ0) is 16.4. The summed E-state index contributed by atoms with van der Waals surface area (Å²) in [6.45, 7) is 3.94. The number of carbonyl (C=O) groups excluding carboxylic acids is 2. The Morgan fingerprint density at radius 3 is 2.59 bits per heavy atom. The van der Waals surface area contributed by atoms with Gasteiger partial charge in [0.1, 0.15) is 17.4 Å². The minimum absolute atomic E-state index is 0.133. The molecule has 1 aromatic rings. The van der Waals surface area contributed by atoms with E-state index in [0.717, 1.165) is 0 Å². The molecule has 0 fully saturated rings. The zero-order valence-corrected chi connectivity index (χ0v) is 12.6. The molecule has 0 spiro atoms. The van der Waals surface area contributed by atoms with E-state index in [1.54, 1.807) is 32.0 Å². The molecule has 0 saturated carbocycles. The molecule has 0 aliphatic rings. The smallest absolute Gasteiger partial charge is 0.493 e. The van der Waals surface area contributed by atoms with Crippen LogP contribution < -0.4 is 4.74 Å². The molecule has 1 rings (SSSR count). The SMILES string of the molecule is CCOc1ccccc1C(=O)OOOC(=O)OC(C)COC. The lowest BCUT2D eigenvalue weighted by Crippen LogP contribution is -2.21. The molecule has 122 valence electrons. The van der Waals surface area contributed by atoms with Gasteiger partial charge in [-0.2, -0.15) is 0 Å². The molecule has 0 aliphatic heterocycles. The molecule has 0 heterocycles. The first kappa shape index (κ1) is 17.7. The fourth-order valence-electron chi connectivity index (χ4n) is 1.49. The van der Waals surface area contributed by atoms with Crippen molar-refractivity contribution in [3.8, 4) is 5.75 Å². The predicted molar refractivity (Wildman–Crippen MR) is 73.0 cm³/mol. The minimum Gasteiger partial charge on any atom is -0.493 e. The number of ether oxygens (including phenoxy) is 3. The third kappa shape index (κ3) is 5.98. The van der Waals surface area contributed by atoms with Crippen LogP contribution in [0.15, 0.2) is 24.3 Å². The Bertz CT molecular complexity index is 487. The second kappa shape index (κ2) is 9.59. The zero-order valence-electron chi connectivity index (χ0n) is 12.6. The van der Waals surface area contributed by atoms with E-state index in [1.807, 2.05) is 0 Å². The van der Waals surface area contributed by atoms with Gasteiger partial charge in [0.25, 0.3) is 0 Å². The molecule has 0 saturated heterocycles. The standard InChI is InChI=1S/C14H18O8/c1-4-18-12-8-6-5-7-11(12)13(15)20-22-21-14(16)19-10(2)9-17-3/h5-8,10H,4,9H2,1-3H3. The second-order valence-electron chi connectivity index (χ2n) is 4.09. The molecular weight excluding hydrogens is 296 g/mol. The Morgan fingerprint density at radius 1 is 1.18 bits per heavy atom. The third-order valence-corrected chi connectivity index (χ3v) is 2.32. The van der Waals surface area contributed by atoms with Crippen LogP contribution in [0.5, 0.6) is 5.75 Å². The Kier molecular flexibility index (Phi) is 7.73. The Morgan fingerprint density at radius 2 is 1.91 bits per heavy atom. The second-order valence-corrected chi connectivity index (χ2v) is 4.09. The van der Waals surface area contributed by atoms with Gasteiger partial charge in [0.2, 0.25) is 0 Å². The van der Waals surface area contributed by atoms with E-state index in [9.17, 15) is 9.59 Å². The predicted octanol–water partition coefficient (Wildman–Crippen LogP) is 2.28. The number of benzene rings is 1. The van der Waals surface area contributed by atoms with Crippen LogP contribution in [0.4, 0.5) is 4.79 Å². The third-order valence-electron chi connectivity index (χ3n) is 2.32. The van der Waals surface area contributed by atoms with Crippen molar-refractivity contribution in [2.45, 2.75) is 20.0 Å². The molecule has 8 heteroatoms. The van der Waals surface area contributed by atoms with Gasteiger partial charge in [-0.3, -0.25) is 4.89 Å². The van der Waals surface area contributed by atoms with Crippen LogP contribution in [0.2, 0.25) is 0 Å². The van der Waals surface area contributed by atoms with Crippen molar-refractivity contribution in [2.75, 3.05) is 20.3 Å². The van der Waals surface area contributed by atoms with E-state index in [0.29, 0.717) is 12.4 Å². The van der Waals surface area contributed by atoms with Crippen LogP contribution in [-0.2, 0) is 24.3 Å². The maximum Gasteiger partial charge on any atom is 0.543 e. The van der Waals surface area contributed by atoms with Crippen molar-refractivity contribution in [1.29, 1.82) is 0 Å². The van der Waals surface area contributed by atoms with Gasteiger partial charge in [-0.05, 0) is 26.0 Å². The molecule has 0 N–H and O–H groups in total. The van der Waals surface area contributed by atoms with E-state index in [-0.39, 0.29) is 12.2 Å². The van der Waals surface area contributed by atoms with E-state index in [2.05, 4.69) is 14.8 Å². The average molecular weight is 314 g/mol. The maximum atomic E-state index is 11.8. The van der Waals surface area contributed by atoms with Crippen molar-refractivity contribution < 1.29 is 38.6 Å². The van der Waals surface area contributed by atoms with E-state index >= 15 is 0 Å². The highest BCUT2D eigenvalue weighted by Gasteiger charge is 2.17. The van der Waals surface area contributed by atoms with Crippen LogP contribution >= 0.6 is 0 Å². The summed E-state index contributed by atoms with van der Waals surface area (Å²) >= 11 is 0. The first-order valence-electron chi connectivity index (χ1n) is 6.55. The van der Waals surface area contributed by atoms with Crippen molar-refractivity contribution in [1.82, 2.24) is 0 Å². The Labute approximate surface area is 127 Å². The molecule has 0 amide bonds. The van der Waals surface area contributed by atoms with Crippen LogP contribution in [0.25, 0.3) is 0 Å². The van der Waals surface area contributed by atoms with Crippen molar-refractivity contribution in [2.24, 2.45) is 0 Å². The fourth-order valence-corrected chi connectivity index (χ4v) is 1.49. The van der Waals surface area contributed by atoms with E-state index in [4.69, 9.17) is 14.2 Å². The number of para-hydroxylation sites is 1. The molecule has 8 nitrogen and oxygen atoms in total. The van der Waals surface area contributed by atoms with Gasteiger partial charge < -0.3 is 14.2 Å². The van der Waals surface area contributed by atoms with Gasteiger partial charge >= 0.3 is 12.1 Å². The lowest BCUT2D eigenvalue weighted by Gasteiger charge is -2.10.